The molecule has 2 nitrogen and oxygen atoms in total. The summed E-state index contributed by atoms with van der Waals surface area (Å²) in [6, 6.07) is 8.44. The van der Waals surface area contributed by atoms with Crippen LogP contribution >= 0.6 is 0 Å². The maximum atomic E-state index is 8.68. The monoisotopic (exact) mass is 257 g/mol. The molecule has 0 aromatic heterocycles. The molecule has 2 rings (SSSR count). The van der Waals surface area contributed by atoms with Gasteiger partial charge in [-0.25, -0.2) is 0 Å². The topological polar surface area (TPSA) is 23.5 Å². The number of nitrogens with zero attached hydrogens (tertiary/aromatic N) is 1. The van der Waals surface area contributed by atoms with Crippen LogP contribution in [0.2, 0.25) is 0 Å². The van der Waals surface area contributed by atoms with Crippen molar-refractivity contribution in [1.82, 2.24) is 4.90 Å². The molecule has 0 atom stereocenters. The molecule has 1 aliphatic rings. The first-order chi connectivity index (χ1) is 9.28. The highest BCUT2D eigenvalue weighted by Gasteiger charge is 2.18. The van der Waals surface area contributed by atoms with Gasteiger partial charge in [0.25, 0.3) is 0 Å². The Morgan fingerprint density at radius 1 is 1.26 bits per heavy atom. The lowest BCUT2D eigenvalue weighted by Gasteiger charge is -2.30. The van der Waals surface area contributed by atoms with E-state index in [-0.39, 0.29) is 6.61 Å². The van der Waals surface area contributed by atoms with Crippen molar-refractivity contribution < 1.29 is 5.11 Å². The predicted octanol–water partition coefficient (Wildman–Crippen LogP) is 2.65. The molecule has 1 aromatic carbocycles. The molecule has 0 aliphatic heterocycles. The van der Waals surface area contributed by atoms with Gasteiger partial charge in [-0.05, 0) is 43.5 Å². The Hall–Kier alpha value is -1.30. The number of hydrogen-bond acceptors (Lipinski definition) is 2. The van der Waals surface area contributed by atoms with Gasteiger partial charge >= 0.3 is 0 Å². The van der Waals surface area contributed by atoms with E-state index in [1.54, 1.807) is 0 Å². The Morgan fingerprint density at radius 2 is 2.00 bits per heavy atom. The number of benzene rings is 1. The van der Waals surface area contributed by atoms with Gasteiger partial charge in [0.15, 0.2) is 0 Å². The smallest absolute Gasteiger partial charge is 0.0540 e. The summed E-state index contributed by atoms with van der Waals surface area (Å²) in [5, 5.41) is 8.68. The number of hydrogen-bond donors (Lipinski definition) is 1. The Labute approximate surface area is 116 Å². The third-order valence-corrected chi connectivity index (χ3v) is 3.67. The summed E-state index contributed by atoms with van der Waals surface area (Å²) in [6.45, 7) is 2.37. The van der Waals surface area contributed by atoms with Crippen molar-refractivity contribution in [3.8, 4) is 11.8 Å². The summed E-state index contributed by atoms with van der Waals surface area (Å²) in [5.74, 6) is 6.92. The van der Waals surface area contributed by atoms with Crippen molar-refractivity contribution in [2.75, 3.05) is 20.2 Å². The molecule has 19 heavy (non-hydrogen) atoms. The van der Waals surface area contributed by atoms with Crippen LogP contribution in [0, 0.1) is 17.8 Å². The minimum absolute atomic E-state index is 0.136. The summed E-state index contributed by atoms with van der Waals surface area (Å²) in [6.07, 6.45) is 4.78. The molecule has 0 heterocycles. The zero-order valence-electron chi connectivity index (χ0n) is 11.7. The van der Waals surface area contributed by atoms with Gasteiger partial charge in [0, 0.05) is 25.1 Å². The van der Waals surface area contributed by atoms with Gasteiger partial charge in [-0.2, -0.15) is 0 Å². The summed E-state index contributed by atoms with van der Waals surface area (Å²) in [4.78, 5) is 2.41. The van der Waals surface area contributed by atoms with E-state index in [0.29, 0.717) is 6.42 Å². The fraction of sp³-hybridized carbons (Fsp3) is 0.529. The first-order valence-electron chi connectivity index (χ1n) is 7.15. The van der Waals surface area contributed by atoms with Crippen molar-refractivity contribution in [3.63, 3.8) is 0 Å². The van der Waals surface area contributed by atoms with E-state index < -0.39 is 0 Å². The van der Waals surface area contributed by atoms with Crippen LogP contribution in [0.1, 0.15) is 36.8 Å². The second-order valence-electron chi connectivity index (χ2n) is 5.47. The average Bonchev–Trinajstić information content (AvgIpc) is 2.36. The van der Waals surface area contributed by atoms with E-state index in [0.717, 1.165) is 18.0 Å². The van der Waals surface area contributed by atoms with Crippen LogP contribution in [0.15, 0.2) is 24.3 Å². The van der Waals surface area contributed by atoms with E-state index in [1.807, 2.05) is 0 Å². The molecule has 1 fully saturated rings. The van der Waals surface area contributed by atoms with Crippen molar-refractivity contribution in [1.29, 1.82) is 0 Å². The second-order valence-corrected chi connectivity index (χ2v) is 5.47. The molecule has 1 aromatic rings. The van der Waals surface area contributed by atoms with Crippen LogP contribution in [-0.2, 0) is 6.54 Å². The Morgan fingerprint density at radius 3 is 2.58 bits per heavy atom. The number of aliphatic hydroxyl groups is 1. The van der Waals surface area contributed by atoms with E-state index in [9.17, 15) is 0 Å². The fourth-order valence-corrected chi connectivity index (χ4v) is 2.41. The van der Waals surface area contributed by atoms with Crippen molar-refractivity contribution in [2.24, 2.45) is 5.92 Å². The van der Waals surface area contributed by atoms with E-state index >= 15 is 0 Å². The fourth-order valence-electron chi connectivity index (χ4n) is 2.41. The highest BCUT2D eigenvalue weighted by Crippen LogP contribution is 2.27. The van der Waals surface area contributed by atoms with E-state index in [2.05, 4.69) is 48.1 Å². The van der Waals surface area contributed by atoms with Crippen LogP contribution < -0.4 is 0 Å². The largest absolute Gasteiger partial charge is 0.395 e. The standard InChI is InChI=1S/C17H23NO/c1-18(13-16-6-4-7-16)14-17-10-8-15(9-11-17)5-2-3-12-19/h8-11,16,19H,3-4,6-7,12-14H2,1H3. The van der Waals surface area contributed by atoms with Gasteiger partial charge in [0.05, 0.1) is 6.61 Å². The summed E-state index contributed by atoms with van der Waals surface area (Å²) in [7, 11) is 2.20. The van der Waals surface area contributed by atoms with Crippen LogP contribution in [0.3, 0.4) is 0 Å². The van der Waals surface area contributed by atoms with Crippen LogP contribution in [-0.4, -0.2) is 30.2 Å². The third kappa shape index (κ3) is 4.70. The summed E-state index contributed by atoms with van der Waals surface area (Å²) >= 11 is 0. The van der Waals surface area contributed by atoms with Gasteiger partial charge in [0.1, 0.15) is 0 Å². The molecule has 0 unspecified atom stereocenters. The lowest BCUT2D eigenvalue weighted by Crippen LogP contribution is -2.29. The highest BCUT2D eigenvalue weighted by molar-refractivity contribution is 5.36. The first-order valence-corrected chi connectivity index (χ1v) is 7.15. The molecule has 102 valence electrons. The minimum Gasteiger partial charge on any atom is -0.395 e. The maximum Gasteiger partial charge on any atom is 0.0540 e. The molecule has 0 amide bonds. The Balaban J connectivity index is 1.82. The lowest BCUT2D eigenvalue weighted by atomic mass is 9.85. The van der Waals surface area contributed by atoms with Gasteiger partial charge in [0.2, 0.25) is 0 Å². The molecular formula is C17H23NO. The molecular weight excluding hydrogens is 234 g/mol. The lowest BCUT2D eigenvalue weighted by molar-refractivity contribution is 0.200. The molecule has 0 radical (unpaired) electrons. The Kier molecular flexibility index (Phi) is 5.44. The molecule has 0 saturated heterocycles. The second kappa shape index (κ2) is 7.33. The first kappa shape index (κ1) is 14.1. The van der Waals surface area contributed by atoms with E-state index in [4.69, 9.17) is 5.11 Å². The third-order valence-electron chi connectivity index (χ3n) is 3.67. The predicted molar refractivity (Wildman–Crippen MR) is 78.7 cm³/mol. The quantitative estimate of drug-likeness (QED) is 0.820. The van der Waals surface area contributed by atoms with Crippen LogP contribution in [0.4, 0.5) is 0 Å². The van der Waals surface area contributed by atoms with Crippen molar-refractivity contribution in [2.45, 2.75) is 32.2 Å². The van der Waals surface area contributed by atoms with Crippen LogP contribution in [0.25, 0.3) is 0 Å². The molecule has 1 aliphatic carbocycles. The zero-order chi connectivity index (χ0) is 13.5. The van der Waals surface area contributed by atoms with Gasteiger partial charge in [-0.1, -0.05) is 30.4 Å². The van der Waals surface area contributed by atoms with Crippen LogP contribution in [0.5, 0.6) is 0 Å². The molecule has 1 N–H and O–H groups in total. The highest BCUT2D eigenvalue weighted by atomic mass is 16.2. The van der Waals surface area contributed by atoms with Crippen molar-refractivity contribution in [3.05, 3.63) is 35.4 Å². The van der Waals surface area contributed by atoms with E-state index in [1.165, 1.54) is 31.4 Å². The van der Waals surface area contributed by atoms with Gasteiger partial charge in [-0.3, -0.25) is 0 Å². The number of aliphatic hydroxyl groups excluding tert-OH is 1. The minimum atomic E-state index is 0.136. The summed E-state index contributed by atoms with van der Waals surface area (Å²) in [5.41, 5.74) is 2.37. The zero-order valence-corrected chi connectivity index (χ0v) is 11.7. The molecule has 2 heteroatoms. The van der Waals surface area contributed by atoms with Gasteiger partial charge in [-0.15, -0.1) is 0 Å². The summed E-state index contributed by atoms with van der Waals surface area (Å²) < 4.78 is 0. The maximum absolute atomic E-state index is 8.68. The number of rotatable bonds is 5. The Bertz CT molecular complexity index is 437. The average molecular weight is 257 g/mol. The SMILES string of the molecule is CN(Cc1ccc(C#CCCO)cc1)CC1CCC1. The van der Waals surface area contributed by atoms with Gasteiger partial charge < -0.3 is 10.0 Å². The van der Waals surface area contributed by atoms with Crippen molar-refractivity contribution >= 4 is 0 Å². The molecule has 0 bridgehead atoms. The molecule has 1 saturated carbocycles. The molecule has 0 spiro atoms. The normalized spacial score (nSPS) is 14.9.